The van der Waals surface area contributed by atoms with Crippen molar-refractivity contribution >= 4 is 35.1 Å². The van der Waals surface area contributed by atoms with Crippen LogP contribution in [0.4, 0.5) is 5.69 Å². The maximum Gasteiger partial charge on any atom is 0.293 e. The first-order valence-electron chi connectivity index (χ1n) is 9.87. The number of aryl methyl sites for hydroxylation is 1. The molecule has 1 aliphatic heterocycles. The Morgan fingerprint density at radius 1 is 1.24 bits per heavy atom. The Hall–Kier alpha value is -1.81. The number of hydrogen-bond donors (Lipinski definition) is 1. The second-order valence-corrected chi connectivity index (χ2v) is 9.22. The number of anilines is 1. The Kier molecular flexibility index (Phi) is 7.39. The topological polar surface area (TPSA) is 62.6 Å². The summed E-state index contributed by atoms with van der Waals surface area (Å²) in [6.07, 6.45) is 0.0854. The third-order valence-electron chi connectivity index (χ3n) is 4.97. The van der Waals surface area contributed by atoms with Gasteiger partial charge in [-0.2, -0.15) is 0 Å². The van der Waals surface area contributed by atoms with Crippen LogP contribution in [0.2, 0.25) is 0 Å². The normalized spacial score (nSPS) is 15.6. The van der Waals surface area contributed by atoms with Gasteiger partial charge in [0, 0.05) is 31.9 Å². The molecule has 1 aromatic carbocycles. The number of carbonyl (C=O) groups is 1. The number of ether oxygens (including phenoxy) is 1. The summed E-state index contributed by atoms with van der Waals surface area (Å²) in [5, 5.41) is 8.12. The lowest BCUT2D eigenvalue weighted by atomic mass is 10.1. The van der Waals surface area contributed by atoms with Crippen LogP contribution in [-0.4, -0.2) is 64.3 Å². The van der Waals surface area contributed by atoms with Gasteiger partial charge in [0.15, 0.2) is 3.95 Å². The summed E-state index contributed by atoms with van der Waals surface area (Å²) in [4.78, 5) is 16.9. The number of nitrogens with zero attached hydrogens (tertiary/aromatic N) is 4. The predicted octanol–water partition coefficient (Wildman–Crippen LogP) is 3.29. The molecule has 9 heteroatoms. The minimum absolute atomic E-state index is 0.0318. The number of nitrogens with one attached hydrogen (secondary N) is 1. The number of amides is 1. The van der Waals surface area contributed by atoms with E-state index >= 15 is 0 Å². The molecule has 0 radical (unpaired) electrons. The molecule has 1 amide bonds. The Labute approximate surface area is 181 Å². The minimum atomic E-state index is 0.0318. The quantitative estimate of drug-likeness (QED) is 0.674. The Bertz CT molecular complexity index is 901. The van der Waals surface area contributed by atoms with E-state index in [2.05, 4.69) is 33.2 Å². The fraction of sp³-hybridized carbons (Fsp3) is 0.550. The van der Waals surface area contributed by atoms with E-state index in [1.54, 1.807) is 0 Å². The SMILES string of the molecule is Cc1cccc(NC(=O)CN2CCN(Cn3nc(OC(C)C)sc3=S)CC2)c1C. The first-order chi connectivity index (χ1) is 13.8. The van der Waals surface area contributed by atoms with Crippen LogP contribution in [0.1, 0.15) is 25.0 Å². The van der Waals surface area contributed by atoms with Crippen LogP contribution in [0.5, 0.6) is 5.19 Å². The molecule has 1 N–H and O–H groups in total. The molecule has 2 heterocycles. The largest absolute Gasteiger partial charge is 0.466 e. The lowest BCUT2D eigenvalue weighted by Crippen LogP contribution is -2.49. The third-order valence-corrected chi connectivity index (χ3v) is 6.17. The van der Waals surface area contributed by atoms with Crippen LogP contribution in [0.25, 0.3) is 0 Å². The van der Waals surface area contributed by atoms with Gasteiger partial charge >= 0.3 is 0 Å². The van der Waals surface area contributed by atoms with Crippen LogP contribution in [0.15, 0.2) is 18.2 Å². The lowest BCUT2D eigenvalue weighted by Gasteiger charge is -2.34. The minimum Gasteiger partial charge on any atom is -0.466 e. The molecule has 0 unspecified atom stereocenters. The zero-order chi connectivity index (χ0) is 21.0. The summed E-state index contributed by atoms with van der Waals surface area (Å²) in [5.74, 6) is 0.0318. The number of carbonyl (C=O) groups excluding carboxylic acids is 1. The third kappa shape index (κ3) is 6.08. The highest BCUT2D eigenvalue weighted by Crippen LogP contribution is 2.20. The van der Waals surface area contributed by atoms with Crippen LogP contribution in [0, 0.1) is 17.8 Å². The molecular formula is C20H29N5O2S2. The van der Waals surface area contributed by atoms with Gasteiger partial charge in [-0.15, -0.1) is 5.10 Å². The molecule has 7 nitrogen and oxygen atoms in total. The van der Waals surface area contributed by atoms with Crippen molar-refractivity contribution < 1.29 is 9.53 Å². The Morgan fingerprint density at radius 2 is 1.93 bits per heavy atom. The van der Waals surface area contributed by atoms with Gasteiger partial charge in [0.1, 0.15) is 0 Å². The molecular weight excluding hydrogens is 406 g/mol. The molecule has 29 heavy (non-hydrogen) atoms. The van der Waals surface area contributed by atoms with E-state index in [0.717, 1.165) is 41.4 Å². The van der Waals surface area contributed by atoms with E-state index in [0.29, 0.717) is 18.4 Å². The molecule has 1 aliphatic rings. The molecule has 158 valence electrons. The fourth-order valence-corrected chi connectivity index (χ4v) is 4.23. The molecule has 2 aromatic rings. The molecule has 0 aliphatic carbocycles. The van der Waals surface area contributed by atoms with Crippen LogP contribution in [0.3, 0.4) is 0 Å². The van der Waals surface area contributed by atoms with Gasteiger partial charge in [0.2, 0.25) is 5.91 Å². The fourth-order valence-electron chi connectivity index (χ4n) is 3.18. The van der Waals surface area contributed by atoms with Crippen molar-refractivity contribution in [2.75, 3.05) is 38.0 Å². The number of aromatic nitrogens is 2. The van der Waals surface area contributed by atoms with E-state index in [-0.39, 0.29) is 12.0 Å². The molecule has 1 saturated heterocycles. The summed E-state index contributed by atoms with van der Waals surface area (Å²) < 4.78 is 8.18. The van der Waals surface area contributed by atoms with Gasteiger partial charge in [0.25, 0.3) is 5.19 Å². The summed E-state index contributed by atoms with van der Waals surface area (Å²) in [7, 11) is 0. The summed E-state index contributed by atoms with van der Waals surface area (Å²) >= 11 is 6.80. The summed E-state index contributed by atoms with van der Waals surface area (Å²) in [5.41, 5.74) is 3.19. The second-order valence-electron chi connectivity index (χ2n) is 7.63. The summed E-state index contributed by atoms with van der Waals surface area (Å²) in [6, 6.07) is 5.97. The van der Waals surface area contributed by atoms with Crippen LogP contribution >= 0.6 is 23.6 Å². The molecule has 3 rings (SSSR count). The molecule has 0 spiro atoms. The number of piperazine rings is 1. The van der Waals surface area contributed by atoms with Crippen molar-refractivity contribution in [2.24, 2.45) is 0 Å². The first-order valence-corrected chi connectivity index (χ1v) is 11.1. The van der Waals surface area contributed by atoms with Crippen LogP contribution < -0.4 is 10.1 Å². The van der Waals surface area contributed by atoms with Crippen molar-refractivity contribution in [1.29, 1.82) is 0 Å². The second kappa shape index (κ2) is 9.80. The standard InChI is InChI=1S/C20H29N5O2S2/c1-14(2)27-19-22-25(20(28)29-19)13-24-10-8-23(9-11-24)12-18(26)21-17-7-5-6-15(3)16(17)4/h5-7,14H,8-13H2,1-4H3,(H,21,26). The highest BCUT2D eigenvalue weighted by molar-refractivity contribution is 7.73. The molecule has 1 aromatic heterocycles. The average Bonchev–Trinajstić information content (AvgIpc) is 2.99. The van der Waals surface area contributed by atoms with Crippen molar-refractivity contribution in [1.82, 2.24) is 19.6 Å². The summed E-state index contributed by atoms with van der Waals surface area (Å²) in [6.45, 7) is 12.5. The van der Waals surface area contributed by atoms with Crippen molar-refractivity contribution in [3.8, 4) is 5.19 Å². The van der Waals surface area contributed by atoms with Gasteiger partial charge in [-0.1, -0.05) is 12.1 Å². The number of benzene rings is 1. The van der Waals surface area contributed by atoms with Gasteiger partial charge in [-0.3, -0.25) is 14.6 Å². The molecule has 0 atom stereocenters. The number of rotatable bonds is 7. The maximum absolute atomic E-state index is 12.4. The van der Waals surface area contributed by atoms with E-state index in [1.807, 2.05) is 37.6 Å². The zero-order valence-electron chi connectivity index (χ0n) is 17.5. The smallest absolute Gasteiger partial charge is 0.293 e. The molecule has 1 fully saturated rings. The van der Waals surface area contributed by atoms with Crippen molar-refractivity contribution in [3.63, 3.8) is 0 Å². The van der Waals surface area contributed by atoms with E-state index in [1.165, 1.54) is 16.9 Å². The predicted molar refractivity (Wildman–Crippen MR) is 119 cm³/mol. The molecule has 0 bridgehead atoms. The van der Waals surface area contributed by atoms with E-state index in [4.69, 9.17) is 17.0 Å². The van der Waals surface area contributed by atoms with Gasteiger partial charge in [-0.25, -0.2) is 4.68 Å². The average molecular weight is 436 g/mol. The van der Waals surface area contributed by atoms with E-state index in [9.17, 15) is 4.79 Å². The Balaban J connectivity index is 1.47. The van der Waals surface area contributed by atoms with Crippen LogP contribution in [-0.2, 0) is 11.5 Å². The monoisotopic (exact) mass is 435 g/mol. The lowest BCUT2D eigenvalue weighted by molar-refractivity contribution is -0.117. The maximum atomic E-state index is 12.4. The van der Waals surface area contributed by atoms with Gasteiger partial charge in [-0.05, 0) is 68.4 Å². The van der Waals surface area contributed by atoms with Gasteiger partial charge in [0.05, 0.1) is 19.3 Å². The molecule has 0 saturated carbocycles. The highest BCUT2D eigenvalue weighted by Gasteiger charge is 2.20. The zero-order valence-corrected chi connectivity index (χ0v) is 19.1. The highest BCUT2D eigenvalue weighted by atomic mass is 32.1. The van der Waals surface area contributed by atoms with E-state index < -0.39 is 0 Å². The van der Waals surface area contributed by atoms with Crippen molar-refractivity contribution in [2.45, 2.75) is 40.5 Å². The first kappa shape index (κ1) is 21.9. The Morgan fingerprint density at radius 3 is 2.62 bits per heavy atom. The number of hydrogen-bond acceptors (Lipinski definition) is 7. The van der Waals surface area contributed by atoms with Gasteiger partial charge < -0.3 is 10.1 Å². The van der Waals surface area contributed by atoms with Crippen molar-refractivity contribution in [3.05, 3.63) is 33.3 Å².